The van der Waals surface area contributed by atoms with E-state index in [0.717, 1.165) is 39.1 Å². The quantitative estimate of drug-likeness (QED) is 0.0347. The fraction of sp³-hybridized carbons (Fsp3) is 0.889. The number of allylic oxidation sites excluding steroid dienone is 6. The van der Waals surface area contributed by atoms with Gasteiger partial charge in [-0.25, -0.2) is 0 Å². The third kappa shape index (κ3) is 51.7. The topological polar surface area (TPSA) is 27.7 Å². The zero-order valence-electron chi connectivity index (χ0n) is 40.0. The minimum atomic E-state index is -1.21. The SMILES string of the molecule is CCCCCCCC/C=C/CCCCCCCCOP(OCCCCCCCC/C=C/CCCCCCCC)OCCCCCCCC/C=C/CCCCCCCC. The van der Waals surface area contributed by atoms with Gasteiger partial charge in [-0.1, -0.05) is 231 Å². The molecule has 0 aromatic heterocycles. The third-order valence-corrected chi connectivity index (χ3v) is 12.7. The molecule has 0 bridgehead atoms. The van der Waals surface area contributed by atoms with Gasteiger partial charge in [-0.3, -0.25) is 0 Å². The Balaban J connectivity index is 4.05. The maximum absolute atomic E-state index is 6.22. The highest BCUT2D eigenvalue weighted by atomic mass is 31.2. The van der Waals surface area contributed by atoms with Crippen LogP contribution in [0.1, 0.15) is 290 Å². The molecule has 0 atom stereocenters. The molecular formula is C54H105O3P. The molecule has 0 spiro atoms. The Morgan fingerprint density at radius 2 is 0.397 bits per heavy atom. The van der Waals surface area contributed by atoms with Crippen molar-refractivity contribution in [3.63, 3.8) is 0 Å². The highest BCUT2D eigenvalue weighted by molar-refractivity contribution is 7.41. The van der Waals surface area contributed by atoms with Crippen molar-refractivity contribution in [2.75, 3.05) is 19.8 Å². The summed E-state index contributed by atoms with van der Waals surface area (Å²) in [6, 6.07) is 0. The van der Waals surface area contributed by atoms with Gasteiger partial charge in [0.15, 0.2) is 0 Å². The smallest absolute Gasteiger partial charge is 0.312 e. The van der Waals surface area contributed by atoms with Gasteiger partial charge in [-0.2, -0.15) is 0 Å². The van der Waals surface area contributed by atoms with Gasteiger partial charge in [-0.15, -0.1) is 0 Å². The minimum absolute atomic E-state index is 0.772. The van der Waals surface area contributed by atoms with Crippen molar-refractivity contribution in [2.24, 2.45) is 0 Å². The number of rotatable bonds is 51. The predicted octanol–water partition coefficient (Wildman–Crippen LogP) is 20.4. The Morgan fingerprint density at radius 3 is 0.603 bits per heavy atom. The van der Waals surface area contributed by atoms with E-state index in [-0.39, 0.29) is 0 Å². The van der Waals surface area contributed by atoms with E-state index in [2.05, 4.69) is 57.2 Å². The molecule has 0 heterocycles. The molecule has 0 aromatic carbocycles. The lowest BCUT2D eigenvalue weighted by atomic mass is 10.1. The van der Waals surface area contributed by atoms with Crippen LogP contribution in [-0.4, -0.2) is 19.8 Å². The van der Waals surface area contributed by atoms with E-state index >= 15 is 0 Å². The normalized spacial score (nSPS) is 12.2. The van der Waals surface area contributed by atoms with E-state index in [0.29, 0.717) is 0 Å². The second-order valence-corrected chi connectivity index (χ2v) is 18.8. The van der Waals surface area contributed by atoms with Crippen LogP contribution in [0, 0.1) is 0 Å². The van der Waals surface area contributed by atoms with Crippen LogP contribution in [-0.2, 0) is 13.6 Å². The zero-order chi connectivity index (χ0) is 41.8. The van der Waals surface area contributed by atoms with E-state index in [1.807, 2.05) is 0 Å². The third-order valence-electron chi connectivity index (χ3n) is 11.6. The standard InChI is InChI=1S/C54H105O3P/c1-4-7-10-13-16-19-22-25-28-31-34-37-40-43-46-49-52-55-58(56-53-50-47-44-41-38-35-32-29-26-23-20-17-14-11-8-5-2)57-54-51-48-45-42-39-36-33-30-27-24-21-18-15-12-9-6-3/h25-30H,4-24,31-54H2,1-3H3/b28-25+,29-26+,30-27+. The van der Waals surface area contributed by atoms with Crippen LogP contribution in [0.4, 0.5) is 0 Å². The summed E-state index contributed by atoms with van der Waals surface area (Å²) < 4.78 is 18.7. The fourth-order valence-electron chi connectivity index (χ4n) is 7.58. The van der Waals surface area contributed by atoms with Crippen molar-refractivity contribution in [1.29, 1.82) is 0 Å². The van der Waals surface area contributed by atoms with Gasteiger partial charge in [0.2, 0.25) is 0 Å². The molecule has 0 saturated heterocycles. The van der Waals surface area contributed by atoms with Gasteiger partial charge in [0.25, 0.3) is 0 Å². The van der Waals surface area contributed by atoms with Crippen LogP contribution in [0.5, 0.6) is 0 Å². The summed E-state index contributed by atoms with van der Waals surface area (Å²) in [5.74, 6) is 0. The number of hydrogen-bond donors (Lipinski definition) is 0. The van der Waals surface area contributed by atoms with Gasteiger partial charge in [0.1, 0.15) is 0 Å². The molecule has 58 heavy (non-hydrogen) atoms. The van der Waals surface area contributed by atoms with Crippen LogP contribution in [0.15, 0.2) is 36.5 Å². The zero-order valence-corrected chi connectivity index (χ0v) is 40.9. The molecule has 3 nitrogen and oxygen atoms in total. The van der Waals surface area contributed by atoms with Crippen molar-refractivity contribution in [2.45, 2.75) is 290 Å². The molecule has 344 valence electrons. The molecule has 0 radical (unpaired) electrons. The molecule has 0 aliphatic carbocycles. The molecule has 0 aromatic rings. The van der Waals surface area contributed by atoms with Crippen LogP contribution in [0.25, 0.3) is 0 Å². The van der Waals surface area contributed by atoms with Crippen LogP contribution in [0.2, 0.25) is 0 Å². The molecule has 0 fully saturated rings. The Kier molecular flexibility index (Phi) is 54.1. The molecule has 0 aliphatic rings. The fourth-order valence-corrected chi connectivity index (χ4v) is 8.64. The molecule has 0 aliphatic heterocycles. The first kappa shape index (κ1) is 57.5. The average Bonchev–Trinajstić information content (AvgIpc) is 3.23. The highest BCUT2D eigenvalue weighted by Gasteiger charge is 2.12. The van der Waals surface area contributed by atoms with Crippen molar-refractivity contribution in [3.05, 3.63) is 36.5 Å². The van der Waals surface area contributed by atoms with Crippen LogP contribution >= 0.6 is 8.60 Å². The Labute approximate surface area is 367 Å². The van der Waals surface area contributed by atoms with E-state index in [4.69, 9.17) is 13.6 Å². The van der Waals surface area contributed by atoms with Crippen molar-refractivity contribution < 1.29 is 13.6 Å². The maximum atomic E-state index is 6.22. The van der Waals surface area contributed by atoms with Crippen molar-refractivity contribution in [1.82, 2.24) is 0 Å². The second-order valence-electron chi connectivity index (χ2n) is 17.5. The van der Waals surface area contributed by atoms with E-state index in [1.54, 1.807) is 0 Å². The maximum Gasteiger partial charge on any atom is 0.332 e. The predicted molar refractivity (Wildman–Crippen MR) is 263 cm³/mol. The Hall–Kier alpha value is -0.470. The Bertz CT molecular complexity index is 705. The molecule has 0 rings (SSSR count). The summed E-state index contributed by atoms with van der Waals surface area (Å²) in [5.41, 5.74) is 0. The lowest BCUT2D eigenvalue weighted by Crippen LogP contribution is -2.00. The van der Waals surface area contributed by atoms with Gasteiger partial charge < -0.3 is 13.6 Å². The Morgan fingerprint density at radius 1 is 0.224 bits per heavy atom. The summed E-state index contributed by atoms with van der Waals surface area (Å²) in [6.07, 6.45) is 70.4. The van der Waals surface area contributed by atoms with Crippen molar-refractivity contribution >= 4 is 8.60 Å². The first-order valence-electron chi connectivity index (χ1n) is 26.5. The van der Waals surface area contributed by atoms with Gasteiger partial charge in [0.05, 0.1) is 19.8 Å². The first-order chi connectivity index (χ1) is 28.8. The molecule has 0 N–H and O–H groups in total. The summed E-state index contributed by atoms with van der Waals surface area (Å²) >= 11 is 0. The summed E-state index contributed by atoms with van der Waals surface area (Å²) in [5, 5.41) is 0. The van der Waals surface area contributed by atoms with E-state index in [9.17, 15) is 0 Å². The average molecular weight is 833 g/mol. The first-order valence-corrected chi connectivity index (χ1v) is 27.6. The molecular weight excluding hydrogens is 728 g/mol. The van der Waals surface area contributed by atoms with Crippen LogP contribution in [0.3, 0.4) is 0 Å². The van der Waals surface area contributed by atoms with E-state index in [1.165, 1.54) is 250 Å². The van der Waals surface area contributed by atoms with Gasteiger partial charge in [0, 0.05) is 0 Å². The molecule has 0 amide bonds. The molecule has 0 unspecified atom stereocenters. The summed E-state index contributed by atoms with van der Waals surface area (Å²) in [6.45, 7) is 9.20. The monoisotopic (exact) mass is 833 g/mol. The largest absolute Gasteiger partial charge is 0.332 e. The second kappa shape index (κ2) is 54.5. The summed E-state index contributed by atoms with van der Waals surface area (Å²) in [7, 11) is -1.21. The van der Waals surface area contributed by atoms with Gasteiger partial charge in [-0.05, 0) is 96.3 Å². The van der Waals surface area contributed by atoms with Crippen LogP contribution < -0.4 is 0 Å². The highest BCUT2D eigenvalue weighted by Crippen LogP contribution is 2.40. The minimum Gasteiger partial charge on any atom is -0.312 e. The lowest BCUT2D eigenvalue weighted by Gasteiger charge is -2.17. The number of unbranched alkanes of at least 4 members (excludes halogenated alkanes) is 36. The lowest BCUT2D eigenvalue weighted by molar-refractivity contribution is 0.153. The van der Waals surface area contributed by atoms with Gasteiger partial charge >= 0.3 is 8.60 Å². The molecule has 4 heteroatoms. The number of hydrogen-bond acceptors (Lipinski definition) is 3. The van der Waals surface area contributed by atoms with Crippen molar-refractivity contribution in [3.8, 4) is 0 Å². The molecule has 0 saturated carbocycles. The van der Waals surface area contributed by atoms with E-state index < -0.39 is 8.60 Å². The summed E-state index contributed by atoms with van der Waals surface area (Å²) in [4.78, 5) is 0.